The van der Waals surface area contributed by atoms with Gasteiger partial charge in [0, 0.05) is 18.8 Å². The molecule has 1 aromatic carbocycles. The van der Waals surface area contributed by atoms with Crippen molar-refractivity contribution >= 4 is 70.8 Å². The van der Waals surface area contributed by atoms with Gasteiger partial charge in [-0.3, -0.25) is 53.4 Å². The SMILES string of the molecule is CC[C@@H](C)[C@@H](NC(=O)[C@@H](CCCCC(=N)N)NC(=O)[C@H](CO)NC(=O)[C@@H](NC(=O)[C@@H](Cc1ccccc1)NC)[C@@H](C)CC)C(=O)N[C@H](C(=O)N[C@@H](CO)C(=O)N[C@H]1C(=O)C[C@@H](C)C(=O)N[C@@H](CC(C)C)C(=O)N[C@@H]([C@@H](C)CC)C(=O)O[C@H]1C)[C@@H](C)CC. The Morgan fingerprint density at radius 2 is 1.10 bits per heavy atom. The molecule has 1 fully saturated rings. The average molecular weight is 1230 g/mol. The van der Waals surface area contributed by atoms with Crippen molar-refractivity contribution < 1.29 is 67.7 Å². The quantitative estimate of drug-likeness (QED) is 0.0193. The van der Waals surface area contributed by atoms with Crippen LogP contribution >= 0.6 is 0 Å². The first-order valence-corrected chi connectivity index (χ1v) is 30.7. The van der Waals surface area contributed by atoms with Gasteiger partial charge in [0.15, 0.2) is 5.78 Å². The van der Waals surface area contributed by atoms with Crippen LogP contribution in [0, 0.1) is 40.9 Å². The van der Waals surface area contributed by atoms with Gasteiger partial charge in [-0.2, -0.15) is 0 Å². The predicted molar refractivity (Wildman–Crippen MR) is 327 cm³/mol. The highest BCUT2D eigenvalue weighted by atomic mass is 16.5. The van der Waals surface area contributed by atoms with Crippen LogP contribution in [0.5, 0.6) is 0 Å². The number of nitrogens with two attached hydrogens (primary N) is 1. The van der Waals surface area contributed by atoms with Crippen molar-refractivity contribution in [2.24, 2.45) is 41.2 Å². The van der Waals surface area contributed by atoms with Crippen LogP contribution in [0.4, 0.5) is 0 Å². The fourth-order valence-electron chi connectivity index (χ4n) is 9.65. The maximum Gasteiger partial charge on any atom is 0.329 e. The van der Waals surface area contributed by atoms with Gasteiger partial charge in [-0.15, -0.1) is 0 Å². The molecular weight excluding hydrogens is 1120 g/mol. The number of carbonyl (C=O) groups excluding carboxylic acids is 11. The summed E-state index contributed by atoms with van der Waals surface area (Å²) in [5.74, 6) is -12.1. The fraction of sp³-hybridized carbons (Fsp3) is 0.705. The van der Waals surface area contributed by atoms with Gasteiger partial charge in [0.05, 0.1) is 25.1 Å². The lowest BCUT2D eigenvalue weighted by molar-refractivity contribution is -0.157. The van der Waals surface area contributed by atoms with Gasteiger partial charge < -0.3 is 73.9 Å². The van der Waals surface area contributed by atoms with E-state index in [1.807, 2.05) is 51.1 Å². The van der Waals surface area contributed by atoms with E-state index >= 15 is 0 Å². The number of esters is 1. The fourth-order valence-corrected chi connectivity index (χ4v) is 9.65. The molecule has 0 radical (unpaired) electrons. The number of cyclic esters (lactones) is 1. The molecule has 0 aromatic heterocycles. The van der Waals surface area contributed by atoms with Crippen LogP contribution in [-0.4, -0.2) is 168 Å². The number of ether oxygens (including phenoxy) is 1. The molecule has 87 heavy (non-hydrogen) atoms. The Morgan fingerprint density at radius 3 is 1.57 bits per heavy atom. The minimum atomic E-state index is -1.76. The molecule has 26 heteroatoms. The number of amidine groups is 1. The molecule has 1 saturated heterocycles. The molecule has 16 atom stereocenters. The Labute approximate surface area is 513 Å². The Kier molecular flexibility index (Phi) is 33.4. The summed E-state index contributed by atoms with van der Waals surface area (Å²) in [4.78, 5) is 154. The number of hydrogen-bond donors (Lipinski definition) is 14. The van der Waals surface area contributed by atoms with E-state index < -0.39 is 181 Å². The zero-order valence-electron chi connectivity index (χ0n) is 53.3. The lowest BCUT2D eigenvalue weighted by atomic mass is 9.94. The predicted octanol–water partition coefficient (Wildman–Crippen LogP) is 0.432. The summed E-state index contributed by atoms with van der Waals surface area (Å²) < 4.78 is 5.76. The molecule has 1 aromatic rings. The molecule has 26 nitrogen and oxygen atoms in total. The number of likely N-dealkylation sites (N-methyl/N-ethyl adjacent to an activating group) is 1. The minimum absolute atomic E-state index is 0.0456. The van der Waals surface area contributed by atoms with E-state index in [4.69, 9.17) is 15.9 Å². The molecule has 490 valence electrons. The zero-order chi connectivity index (χ0) is 65.8. The van der Waals surface area contributed by atoms with E-state index in [0.717, 1.165) is 5.56 Å². The molecular formula is C61H102N12O14. The zero-order valence-corrected chi connectivity index (χ0v) is 53.3. The van der Waals surface area contributed by atoms with Gasteiger partial charge >= 0.3 is 5.97 Å². The molecule has 0 saturated carbocycles. The highest BCUT2D eigenvalue weighted by molar-refractivity contribution is 5.99. The van der Waals surface area contributed by atoms with Crippen LogP contribution in [0.25, 0.3) is 0 Å². The number of aliphatic hydroxyl groups excluding tert-OH is 2. The van der Waals surface area contributed by atoms with Crippen molar-refractivity contribution in [1.29, 1.82) is 5.41 Å². The summed E-state index contributed by atoms with van der Waals surface area (Å²) in [5, 5.41) is 55.5. The molecule has 9 amide bonds. The number of hydrogen-bond acceptors (Lipinski definition) is 16. The van der Waals surface area contributed by atoms with E-state index in [-0.39, 0.29) is 37.4 Å². The molecule has 1 heterocycles. The number of aliphatic hydroxyl groups is 2. The number of Topliss-reactive ketones (excluding diaryl/α,β-unsaturated/α-hetero) is 1. The molecule has 0 aliphatic carbocycles. The highest BCUT2D eigenvalue weighted by Crippen LogP contribution is 2.19. The first-order chi connectivity index (χ1) is 41.0. The number of ketones is 1. The maximum absolute atomic E-state index is 14.5. The molecule has 2 rings (SSSR count). The van der Waals surface area contributed by atoms with Crippen LogP contribution in [0.3, 0.4) is 0 Å². The number of nitrogens with one attached hydrogen (secondary N) is 11. The summed E-state index contributed by atoms with van der Waals surface area (Å²) in [6.45, 7) is 18.5. The number of rotatable bonds is 34. The first-order valence-electron chi connectivity index (χ1n) is 30.7. The second-order valence-corrected chi connectivity index (χ2v) is 23.7. The summed E-state index contributed by atoms with van der Waals surface area (Å²) in [5.41, 5.74) is 6.47. The molecule has 1 aliphatic rings. The normalized spacial score (nSPS) is 21.4. The summed E-state index contributed by atoms with van der Waals surface area (Å²) in [7, 11) is 1.62. The number of benzene rings is 1. The van der Waals surface area contributed by atoms with E-state index in [1.54, 1.807) is 55.5 Å². The summed E-state index contributed by atoms with van der Waals surface area (Å²) >= 11 is 0. The third-order valence-corrected chi connectivity index (χ3v) is 16.3. The van der Waals surface area contributed by atoms with Crippen LogP contribution in [-0.2, 0) is 63.9 Å². The third-order valence-electron chi connectivity index (χ3n) is 16.3. The van der Waals surface area contributed by atoms with Crippen molar-refractivity contribution in [3.63, 3.8) is 0 Å². The maximum atomic E-state index is 14.5. The Hall–Kier alpha value is -7.06. The van der Waals surface area contributed by atoms with Crippen molar-refractivity contribution in [3.05, 3.63) is 35.9 Å². The minimum Gasteiger partial charge on any atom is -0.458 e. The smallest absolute Gasteiger partial charge is 0.329 e. The number of carbonyl (C=O) groups is 11. The van der Waals surface area contributed by atoms with Gasteiger partial charge in [-0.1, -0.05) is 139 Å². The number of amides is 9. The van der Waals surface area contributed by atoms with Crippen LogP contribution in [0.15, 0.2) is 30.3 Å². The van der Waals surface area contributed by atoms with E-state index in [0.29, 0.717) is 38.5 Å². The van der Waals surface area contributed by atoms with E-state index in [1.165, 1.54) is 13.8 Å². The second-order valence-electron chi connectivity index (χ2n) is 23.7. The molecule has 0 unspecified atom stereocenters. The van der Waals surface area contributed by atoms with Crippen LogP contribution in [0.2, 0.25) is 0 Å². The molecule has 15 N–H and O–H groups in total. The summed E-state index contributed by atoms with van der Waals surface area (Å²) in [6.07, 6.45) is 0.856. The van der Waals surface area contributed by atoms with E-state index in [9.17, 15) is 63.0 Å². The van der Waals surface area contributed by atoms with Gasteiger partial charge in [-0.05, 0) is 74.8 Å². The Balaban J connectivity index is 2.43. The molecule has 0 spiro atoms. The lowest BCUT2D eigenvalue weighted by Gasteiger charge is -2.31. The highest BCUT2D eigenvalue weighted by Gasteiger charge is 2.41. The van der Waals surface area contributed by atoms with Gasteiger partial charge in [-0.25, -0.2) is 4.79 Å². The standard InChI is InChI=1S/C61H102N12O14/c1-14-33(7)47(70-54(79)41(64-13)29-39-23-19-18-20-24-39)58(83)67-43(30-74)56(81)65-40(25-21-22-26-46(62)63)53(78)69-49(35(9)16-3)60(85)71-48(34(8)15-2)59(84)68-44(31-75)57(82)73-51-38(12)87-61(86)50(36(10)17-4)72-55(80)42(27-32(5)6)66-52(77)37(11)28-45(51)76/h18-20,23-24,32-38,40-44,47-51,64,74-75H,14-17,21-22,25-31H2,1-13H3,(H3,62,63)(H,65,81)(H,66,77)(H,67,83)(H,68,84)(H,69,78)(H,70,79)(H,71,85)(H,72,80)(H,73,82)/t33-,34-,35+,36-,37+,38-,40+,41+,42-,43-,44-,47-,48-,49+,50-,51+/m0/s1. The van der Waals surface area contributed by atoms with Crippen molar-refractivity contribution in [2.45, 2.75) is 220 Å². The average Bonchev–Trinajstić information content (AvgIpc) is 3.00. The van der Waals surface area contributed by atoms with Gasteiger partial charge in [0.2, 0.25) is 53.2 Å². The Morgan fingerprint density at radius 1 is 0.632 bits per heavy atom. The van der Waals surface area contributed by atoms with E-state index in [2.05, 4.69) is 53.2 Å². The van der Waals surface area contributed by atoms with Gasteiger partial charge in [0.1, 0.15) is 60.5 Å². The second kappa shape index (κ2) is 38.3. The van der Waals surface area contributed by atoms with Crippen LogP contribution in [0.1, 0.15) is 153 Å². The molecule has 0 bridgehead atoms. The largest absolute Gasteiger partial charge is 0.458 e. The molecule has 1 aliphatic heterocycles. The van der Waals surface area contributed by atoms with Crippen molar-refractivity contribution in [1.82, 2.24) is 53.2 Å². The third kappa shape index (κ3) is 24.6. The van der Waals surface area contributed by atoms with Crippen LogP contribution < -0.4 is 58.9 Å². The summed E-state index contributed by atoms with van der Waals surface area (Å²) in [6, 6.07) is -3.97. The van der Waals surface area contributed by atoms with Gasteiger partial charge in [0.25, 0.3) is 0 Å². The number of unbranched alkanes of at least 4 members (excludes halogenated alkanes) is 1. The monoisotopic (exact) mass is 1230 g/mol. The Bertz CT molecular complexity index is 2470. The topological polar surface area (TPSA) is 408 Å². The van der Waals surface area contributed by atoms with Crippen molar-refractivity contribution in [3.8, 4) is 0 Å². The van der Waals surface area contributed by atoms with Crippen molar-refractivity contribution in [2.75, 3.05) is 20.3 Å². The lowest BCUT2D eigenvalue weighted by Crippen LogP contribution is -2.63. The first kappa shape index (κ1) is 76.0.